The number of halogens is 2. The number of anilines is 1. The van der Waals surface area contributed by atoms with Crippen molar-refractivity contribution in [3.05, 3.63) is 47.3 Å². The molecule has 1 aromatic carbocycles. The van der Waals surface area contributed by atoms with Crippen molar-refractivity contribution in [2.45, 2.75) is 25.7 Å². The van der Waals surface area contributed by atoms with Gasteiger partial charge in [-0.05, 0) is 30.2 Å². The second kappa shape index (κ2) is 7.76. The highest BCUT2D eigenvalue weighted by molar-refractivity contribution is 7.91. The molecule has 1 aromatic heterocycles. The number of sulfone groups is 1. The lowest BCUT2D eigenvalue weighted by Gasteiger charge is -2.17. The van der Waals surface area contributed by atoms with Crippen LogP contribution in [0.4, 0.5) is 19.3 Å². The molecule has 0 saturated carbocycles. The molecule has 2 aliphatic rings. The van der Waals surface area contributed by atoms with Crippen LogP contribution in [0.3, 0.4) is 0 Å². The van der Waals surface area contributed by atoms with Crippen LogP contribution in [0.5, 0.6) is 0 Å². The predicted octanol–water partition coefficient (Wildman–Crippen LogP) is 1.28. The van der Waals surface area contributed by atoms with Crippen molar-refractivity contribution in [2.24, 2.45) is 0 Å². The number of ether oxygens (including phenoxy) is 1. The summed E-state index contributed by atoms with van der Waals surface area (Å²) in [7, 11) is -3.12. The third-order valence-corrected chi connectivity index (χ3v) is 6.52. The second-order valence-corrected chi connectivity index (χ2v) is 9.27. The fourth-order valence-electron chi connectivity index (χ4n) is 3.43. The van der Waals surface area contributed by atoms with Gasteiger partial charge in [0.1, 0.15) is 17.6 Å². The van der Waals surface area contributed by atoms with Crippen LogP contribution in [0.2, 0.25) is 0 Å². The summed E-state index contributed by atoms with van der Waals surface area (Å²) in [5.74, 6) is -1.55. The topological polar surface area (TPSA) is 115 Å². The zero-order chi connectivity index (χ0) is 21.5. The normalized spacial score (nSPS) is 20.9. The Hall–Kier alpha value is -2.86. The van der Waals surface area contributed by atoms with E-state index in [9.17, 15) is 22.0 Å². The molecule has 0 unspecified atom stereocenters. The van der Waals surface area contributed by atoms with E-state index in [-0.39, 0.29) is 42.4 Å². The van der Waals surface area contributed by atoms with Gasteiger partial charge in [0.2, 0.25) is 5.95 Å². The molecule has 1 N–H and O–H groups in total. The van der Waals surface area contributed by atoms with Crippen molar-refractivity contribution in [1.29, 1.82) is 0 Å². The van der Waals surface area contributed by atoms with Gasteiger partial charge in [-0.1, -0.05) is 11.3 Å². The molecule has 12 heteroatoms. The minimum atomic E-state index is -3.12. The highest BCUT2D eigenvalue weighted by atomic mass is 32.2. The summed E-state index contributed by atoms with van der Waals surface area (Å²) in [6.07, 6.45) is 0.281. The number of cyclic esters (lactones) is 1. The molecule has 3 heterocycles. The Morgan fingerprint density at radius 1 is 1.30 bits per heavy atom. The molecule has 0 spiro atoms. The van der Waals surface area contributed by atoms with E-state index in [1.165, 1.54) is 23.1 Å². The number of aliphatic hydroxyl groups excluding tert-OH is 1. The van der Waals surface area contributed by atoms with Crippen LogP contribution in [-0.2, 0) is 27.7 Å². The molecular weight excluding hydrogens is 422 g/mol. The summed E-state index contributed by atoms with van der Waals surface area (Å²) in [5, 5.41) is 16.0. The van der Waals surface area contributed by atoms with Gasteiger partial charge < -0.3 is 9.84 Å². The van der Waals surface area contributed by atoms with E-state index in [1.807, 2.05) is 0 Å². The Balaban J connectivity index is 1.49. The molecule has 1 fully saturated rings. The molecule has 1 amide bonds. The van der Waals surface area contributed by atoms with E-state index < -0.39 is 40.4 Å². The molecule has 1 saturated heterocycles. The minimum absolute atomic E-state index is 0.0308. The number of rotatable bonds is 5. The number of aromatic nitrogens is 3. The van der Waals surface area contributed by atoms with Gasteiger partial charge in [-0.3, -0.25) is 4.90 Å². The van der Waals surface area contributed by atoms with E-state index in [1.54, 1.807) is 6.07 Å². The molecule has 30 heavy (non-hydrogen) atoms. The first-order valence-corrected chi connectivity index (χ1v) is 11.0. The largest absolute Gasteiger partial charge is 0.442 e. The first kappa shape index (κ1) is 20.4. The number of carbonyl (C=O) groups excluding carboxylic acids is 1. The number of amides is 1. The number of nitrogens with zero attached hydrogens (tertiary/aromatic N) is 4. The first-order valence-electron chi connectivity index (χ1n) is 9.13. The van der Waals surface area contributed by atoms with Crippen LogP contribution < -0.4 is 4.90 Å². The summed E-state index contributed by atoms with van der Waals surface area (Å²) in [6, 6.07) is 4.23. The summed E-state index contributed by atoms with van der Waals surface area (Å²) >= 11 is 0. The van der Waals surface area contributed by atoms with E-state index >= 15 is 0 Å². The Morgan fingerprint density at radius 3 is 2.73 bits per heavy atom. The zero-order valence-corrected chi connectivity index (χ0v) is 16.5. The van der Waals surface area contributed by atoms with E-state index in [4.69, 9.17) is 9.84 Å². The van der Waals surface area contributed by atoms with Gasteiger partial charge in [-0.25, -0.2) is 22.3 Å². The summed E-state index contributed by atoms with van der Waals surface area (Å²) < 4.78 is 57.8. The maximum Gasteiger partial charge on any atom is 0.414 e. The van der Waals surface area contributed by atoms with Crippen molar-refractivity contribution >= 4 is 27.2 Å². The molecule has 0 radical (unpaired) electrons. The highest BCUT2D eigenvalue weighted by Crippen LogP contribution is 2.30. The highest BCUT2D eigenvalue weighted by Gasteiger charge is 2.34. The van der Waals surface area contributed by atoms with Crippen molar-refractivity contribution in [2.75, 3.05) is 23.0 Å². The Labute approximate surface area is 170 Å². The van der Waals surface area contributed by atoms with Crippen LogP contribution in [0, 0.1) is 11.8 Å². The smallest absolute Gasteiger partial charge is 0.414 e. The van der Waals surface area contributed by atoms with Crippen molar-refractivity contribution in [3.8, 4) is 0 Å². The van der Waals surface area contributed by atoms with Gasteiger partial charge in [-0.2, -0.15) is 4.39 Å². The van der Waals surface area contributed by atoms with E-state index in [2.05, 4.69) is 10.3 Å². The van der Waals surface area contributed by atoms with Gasteiger partial charge in [-0.15, -0.1) is 5.10 Å². The molecule has 1 atom stereocenters. The Morgan fingerprint density at radius 2 is 2.10 bits per heavy atom. The van der Waals surface area contributed by atoms with E-state index in [0.29, 0.717) is 11.1 Å². The predicted molar refractivity (Wildman–Crippen MR) is 101 cm³/mol. The lowest BCUT2D eigenvalue weighted by Crippen LogP contribution is -2.26. The van der Waals surface area contributed by atoms with Gasteiger partial charge >= 0.3 is 6.09 Å². The Kier molecular flexibility index (Phi) is 5.28. The molecule has 0 aliphatic carbocycles. The average Bonchev–Trinajstić information content (AvgIpc) is 3.24. The maximum atomic E-state index is 14.7. The van der Waals surface area contributed by atoms with Crippen molar-refractivity contribution < 1.29 is 31.8 Å². The molecule has 2 aromatic rings. The molecular formula is C18H18F2N4O5S. The summed E-state index contributed by atoms with van der Waals surface area (Å²) in [4.78, 5) is 13.4. The SMILES string of the molecule is O=C1O[C@@H](Cn2nnc(CO)c2F)CN1c1ccc(C2=CCS(=O)(=O)CC2)c(F)c1. The lowest BCUT2D eigenvalue weighted by molar-refractivity contribution is 0.126. The first-order chi connectivity index (χ1) is 14.3. The van der Waals surface area contributed by atoms with Crippen LogP contribution in [0.1, 0.15) is 17.7 Å². The minimum Gasteiger partial charge on any atom is -0.442 e. The van der Waals surface area contributed by atoms with Crippen LogP contribution in [0.25, 0.3) is 5.57 Å². The lowest BCUT2D eigenvalue weighted by atomic mass is 10.0. The average molecular weight is 440 g/mol. The number of aliphatic hydroxyl groups is 1. The number of hydrogen-bond donors (Lipinski definition) is 1. The van der Waals surface area contributed by atoms with Crippen LogP contribution in [0.15, 0.2) is 24.3 Å². The maximum absolute atomic E-state index is 14.7. The number of carbonyl (C=O) groups is 1. The number of benzene rings is 1. The zero-order valence-electron chi connectivity index (χ0n) is 15.7. The van der Waals surface area contributed by atoms with Crippen LogP contribution >= 0.6 is 0 Å². The molecule has 2 aliphatic heterocycles. The number of allylic oxidation sites excluding steroid dienone is 1. The van der Waals surface area contributed by atoms with Crippen LogP contribution in [-0.4, -0.2) is 58.8 Å². The van der Waals surface area contributed by atoms with Crippen molar-refractivity contribution in [3.63, 3.8) is 0 Å². The summed E-state index contributed by atoms with van der Waals surface area (Å²) in [5.41, 5.74) is 0.956. The second-order valence-electron chi connectivity index (χ2n) is 7.04. The third-order valence-electron chi connectivity index (χ3n) is 5.01. The van der Waals surface area contributed by atoms with Gasteiger partial charge in [0.05, 0.1) is 36.9 Å². The van der Waals surface area contributed by atoms with E-state index in [0.717, 1.165) is 4.68 Å². The molecule has 9 nitrogen and oxygen atoms in total. The standard InChI is InChI=1S/C18H18F2N4O5S/c19-15-7-12(1-2-14(15)11-3-5-30(27,28)6-4-11)23-8-13(29-18(23)26)9-24-17(20)16(10-25)21-22-24/h1-3,7,13,25H,4-6,8-10H2/t13-/m1/s1. The third kappa shape index (κ3) is 3.92. The van der Waals surface area contributed by atoms with Gasteiger partial charge in [0.15, 0.2) is 9.84 Å². The van der Waals surface area contributed by atoms with Gasteiger partial charge in [0.25, 0.3) is 0 Å². The number of hydrogen-bond acceptors (Lipinski definition) is 7. The fourth-order valence-corrected chi connectivity index (χ4v) is 4.58. The monoisotopic (exact) mass is 440 g/mol. The van der Waals surface area contributed by atoms with Crippen molar-refractivity contribution in [1.82, 2.24) is 15.0 Å². The summed E-state index contributed by atoms with van der Waals surface area (Å²) in [6.45, 7) is -0.661. The quantitative estimate of drug-likeness (QED) is 0.745. The Bertz CT molecular complexity index is 1130. The fraction of sp³-hybridized carbons (Fsp3) is 0.389. The van der Waals surface area contributed by atoms with Gasteiger partial charge in [0, 0.05) is 5.56 Å². The molecule has 0 bridgehead atoms. The molecule has 4 rings (SSSR count). The molecule has 160 valence electrons.